The second-order valence-corrected chi connectivity index (χ2v) is 8.64. The van der Waals surface area contributed by atoms with E-state index < -0.39 is 23.9 Å². The van der Waals surface area contributed by atoms with E-state index in [-0.39, 0.29) is 17.1 Å². The van der Waals surface area contributed by atoms with Crippen LogP contribution in [0.3, 0.4) is 0 Å². The van der Waals surface area contributed by atoms with Crippen molar-refractivity contribution < 1.29 is 32.9 Å². The number of aromatic hydroxyl groups is 1. The molecule has 2 aromatic carbocycles. The molecular weight excluding hydrogens is 478 g/mol. The minimum Gasteiger partial charge on any atom is -0.507 e. The number of ether oxygens (including phenoxy) is 3. The van der Waals surface area contributed by atoms with E-state index in [2.05, 4.69) is 25.8 Å². The van der Waals surface area contributed by atoms with Crippen LogP contribution in [0.4, 0.5) is 8.78 Å². The summed E-state index contributed by atoms with van der Waals surface area (Å²) >= 11 is 3.30. The van der Waals surface area contributed by atoms with Gasteiger partial charge in [-0.1, -0.05) is 15.9 Å². The molecule has 3 aromatic rings. The van der Waals surface area contributed by atoms with Gasteiger partial charge < -0.3 is 19.3 Å². The quantitative estimate of drug-likeness (QED) is 0.482. The van der Waals surface area contributed by atoms with Gasteiger partial charge in [0.2, 0.25) is 0 Å². The van der Waals surface area contributed by atoms with Crippen LogP contribution in [-0.2, 0) is 11.8 Å². The summed E-state index contributed by atoms with van der Waals surface area (Å²) in [5.41, 5.74) is 0.131. The molecule has 0 amide bonds. The van der Waals surface area contributed by atoms with Gasteiger partial charge in [-0.05, 0) is 45.0 Å². The minimum atomic E-state index is -3.19. The Kier molecular flexibility index (Phi) is 6.13. The molecule has 0 saturated heterocycles. The van der Waals surface area contributed by atoms with Crippen molar-refractivity contribution in [3.05, 3.63) is 34.3 Å². The van der Waals surface area contributed by atoms with Crippen molar-refractivity contribution in [3.8, 4) is 28.5 Å². The predicted molar refractivity (Wildman–Crippen MR) is 114 cm³/mol. The van der Waals surface area contributed by atoms with E-state index in [9.17, 15) is 18.7 Å². The van der Waals surface area contributed by atoms with Crippen molar-refractivity contribution in [2.75, 3.05) is 7.11 Å². The zero-order valence-electron chi connectivity index (χ0n) is 17.5. The molecule has 0 saturated carbocycles. The topological polar surface area (TPSA) is 82.8 Å². The van der Waals surface area contributed by atoms with Crippen LogP contribution in [0.25, 0.3) is 22.2 Å². The number of nitrogens with zero attached hydrogens (tertiary/aromatic N) is 2. The molecule has 1 N–H and O–H groups in total. The van der Waals surface area contributed by atoms with Crippen molar-refractivity contribution in [1.82, 2.24) is 9.78 Å². The van der Waals surface area contributed by atoms with E-state index in [4.69, 9.17) is 9.47 Å². The van der Waals surface area contributed by atoms with Crippen LogP contribution < -0.4 is 9.47 Å². The van der Waals surface area contributed by atoms with Crippen molar-refractivity contribution in [2.24, 2.45) is 7.05 Å². The summed E-state index contributed by atoms with van der Waals surface area (Å²) in [6.07, 6.45) is 0. The Bertz CT molecular complexity index is 1160. The first-order valence-corrected chi connectivity index (χ1v) is 9.96. The number of halogens is 3. The SMILES string of the molecule is COc1cc(-c2c3c(O)cc(Br)cc3nn2C)cc(OC(F)F)c1C(=O)OC(C)(C)C. The molecule has 0 radical (unpaired) electrons. The van der Waals surface area contributed by atoms with E-state index in [0.717, 1.165) is 0 Å². The summed E-state index contributed by atoms with van der Waals surface area (Å²) in [7, 11) is 2.94. The van der Waals surface area contributed by atoms with E-state index >= 15 is 0 Å². The molecule has 7 nitrogen and oxygen atoms in total. The zero-order valence-corrected chi connectivity index (χ0v) is 19.1. The number of methoxy groups -OCH3 is 1. The largest absolute Gasteiger partial charge is 0.507 e. The van der Waals surface area contributed by atoms with Crippen LogP contribution >= 0.6 is 15.9 Å². The molecule has 0 unspecified atom stereocenters. The number of phenolic OH excluding ortho intramolecular Hbond substituents is 1. The minimum absolute atomic E-state index is 0.0200. The molecule has 0 fully saturated rings. The van der Waals surface area contributed by atoms with Gasteiger partial charge in [-0.25, -0.2) is 4.79 Å². The average molecular weight is 499 g/mol. The maximum atomic E-state index is 13.2. The fourth-order valence-electron chi connectivity index (χ4n) is 3.21. The van der Waals surface area contributed by atoms with Gasteiger partial charge in [-0.3, -0.25) is 4.68 Å². The van der Waals surface area contributed by atoms with E-state index in [1.54, 1.807) is 33.9 Å². The smallest absolute Gasteiger partial charge is 0.387 e. The molecule has 1 aromatic heterocycles. The van der Waals surface area contributed by atoms with Gasteiger partial charge in [0.15, 0.2) is 0 Å². The van der Waals surface area contributed by atoms with Crippen molar-refractivity contribution in [2.45, 2.75) is 33.0 Å². The Hall–Kier alpha value is -2.88. The summed E-state index contributed by atoms with van der Waals surface area (Å²) < 4.78 is 43.8. The maximum absolute atomic E-state index is 13.2. The highest BCUT2D eigenvalue weighted by molar-refractivity contribution is 9.10. The Morgan fingerprint density at radius 2 is 1.84 bits per heavy atom. The molecule has 0 bridgehead atoms. The number of carbonyl (C=O) groups is 1. The summed E-state index contributed by atoms with van der Waals surface area (Å²) in [5.74, 6) is -1.36. The van der Waals surface area contributed by atoms with Gasteiger partial charge in [-0.2, -0.15) is 13.9 Å². The Morgan fingerprint density at radius 1 is 1.19 bits per heavy atom. The second-order valence-electron chi connectivity index (χ2n) is 7.72. The third kappa shape index (κ3) is 4.73. The standard InChI is InChI=1S/C21H21BrF2N2O5/c1-21(2,3)31-19(28)17-14(29-5)6-10(7-15(17)30-20(23)24)18-16-12(25-26(18)4)8-11(22)9-13(16)27/h6-9,20,27H,1-5H3. The molecule has 10 heteroatoms. The van der Waals surface area contributed by atoms with Crippen LogP contribution in [0.15, 0.2) is 28.7 Å². The Morgan fingerprint density at radius 3 is 2.42 bits per heavy atom. The molecule has 0 spiro atoms. The van der Waals surface area contributed by atoms with Crippen LogP contribution in [0, 0.1) is 0 Å². The van der Waals surface area contributed by atoms with Gasteiger partial charge in [0, 0.05) is 17.1 Å². The first kappa shape index (κ1) is 22.8. The van der Waals surface area contributed by atoms with Crippen LogP contribution in [-0.4, -0.2) is 40.2 Å². The molecule has 31 heavy (non-hydrogen) atoms. The molecular formula is C21H21BrF2N2O5. The van der Waals surface area contributed by atoms with Crippen LogP contribution in [0.5, 0.6) is 17.2 Å². The van der Waals surface area contributed by atoms with Crippen molar-refractivity contribution >= 4 is 32.8 Å². The number of carbonyl (C=O) groups excluding carboxylic acids is 1. The Labute approximate surface area is 185 Å². The van der Waals surface area contributed by atoms with Crippen LogP contribution in [0.2, 0.25) is 0 Å². The van der Waals surface area contributed by atoms with E-state index in [1.807, 2.05) is 0 Å². The number of rotatable bonds is 5. The number of esters is 1. The predicted octanol–water partition coefficient (Wildman–Crippen LogP) is 5.27. The lowest BCUT2D eigenvalue weighted by molar-refractivity contribution is -0.0509. The first-order valence-electron chi connectivity index (χ1n) is 9.17. The molecule has 166 valence electrons. The molecule has 0 aliphatic heterocycles. The molecule has 1 heterocycles. The van der Waals surface area contributed by atoms with Crippen molar-refractivity contribution in [3.63, 3.8) is 0 Å². The van der Waals surface area contributed by atoms with Crippen LogP contribution in [0.1, 0.15) is 31.1 Å². The lowest BCUT2D eigenvalue weighted by Crippen LogP contribution is -2.25. The van der Waals surface area contributed by atoms with Gasteiger partial charge >= 0.3 is 12.6 Å². The number of alkyl halides is 2. The fraction of sp³-hybridized carbons (Fsp3) is 0.333. The summed E-state index contributed by atoms with van der Waals surface area (Å²) in [5, 5.41) is 15.3. The summed E-state index contributed by atoms with van der Waals surface area (Å²) in [6.45, 7) is 1.78. The maximum Gasteiger partial charge on any atom is 0.387 e. The second kappa shape index (κ2) is 8.33. The van der Waals surface area contributed by atoms with E-state index in [0.29, 0.717) is 26.6 Å². The molecule has 0 atom stereocenters. The number of fused-ring (bicyclic) bond motifs is 1. The van der Waals surface area contributed by atoms with Crippen molar-refractivity contribution in [1.29, 1.82) is 0 Å². The van der Waals surface area contributed by atoms with Gasteiger partial charge in [-0.15, -0.1) is 0 Å². The molecule has 3 rings (SSSR count). The number of aromatic nitrogens is 2. The number of benzene rings is 2. The number of hydrogen-bond donors (Lipinski definition) is 1. The number of aryl methyl sites for hydroxylation is 1. The lowest BCUT2D eigenvalue weighted by atomic mass is 10.0. The first-order chi connectivity index (χ1) is 14.4. The van der Waals surface area contributed by atoms with Gasteiger partial charge in [0.05, 0.1) is 23.7 Å². The third-order valence-corrected chi connectivity index (χ3v) is 4.72. The van der Waals surface area contributed by atoms with Gasteiger partial charge in [0.25, 0.3) is 0 Å². The highest BCUT2D eigenvalue weighted by Crippen LogP contribution is 2.42. The zero-order chi connectivity index (χ0) is 23.1. The van der Waals surface area contributed by atoms with E-state index in [1.165, 1.54) is 30.0 Å². The fourth-order valence-corrected chi connectivity index (χ4v) is 3.65. The number of phenols is 1. The molecule has 0 aliphatic carbocycles. The normalized spacial score (nSPS) is 11.8. The van der Waals surface area contributed by atoms with Gasteiger partial charge in [0.1, 0.15) is 28.4 Å². The summed E-state index contributed by atoms with van der Waals surface area (Å²) in [4.78, 5) is 12.7. The lowest BCUT2D eigenvalue weighted by Gasteiger charge is -2.22. The molecule has 0 aliphatic rings. The highest BCUT2D eigenvalue weighted by Gasteiger charge is 2.28. The Balaban J connectivity index is 2.28. The monoisotopic (exact) mass is 498 g/mol. The third-order valence-electron chi connectivity index (χ3n) is 4.26. The average Bonchev–Trinajstić information content (AvgIpc) is 2.94. The number of hydrogen-bond acceptors (Lipinski definition) is 6. The summed E-state index contributed by atoms with van der Waals surface area (Å²) in [6, 6.07) is 5.96. The highest BCUT2D eigenvalue weighted by atomic mass is 79.9.